The number of alkyl halides is 1. The molecule has 11 heavy (non-hydrogen) atoms. The van der Waals surface area contributed by atoms with Crippen molar-refractivity contribution in [1.29, 1.82) is 0 Å². The van der Waals surface area contributed by atoms with E-state index < -0.39 is 9.28 Å². The Balaban J connectivity index is 3.58. The Morgan fingerprint density at radius 2 is 1.82 bits per heavy atom. The first-order valence-corrected chi connectivity index (χ1v) is 6.54. The van der Waals surface area contributed by atoms with Gasteiger partial charge in [-0.2, -0.15) is 0 Å². The van der Waals surface area contributed by atoms with E-state index in [1.54, 1.807) is 0 Å². The monoisotopic (exact) mass is 238 g/mol. The van der Waals surface area contributed by atoms with Crippen molar-refractivity contribution in [3.8, 4) is 0 Å². The van der Waals surface area contributed by atoms with Crippen LogP contribution in [-0.4, -0.2) is 27.8 Å². The molecule has 4 heteroatoms. The lowest BCUT2D eigenvalue weighted by molar-refractivity contribution is 0.224. The third-order valence-electron chi connectivity index (χ3n) is 1.04. The highest BCUT2D eigenvalue weighted by molar-refractivity contribution is 9.09. The molecule has 0 N–H and O–H groups in total. The third kappa shape index (κ3) is 6.74. The number of allylic oxidation sites excluding steroid dienone is 1. The minimum Gasteiger partial charge on any atom is -0.394 e. The molecule has 2 nitrogen and oxygen atoms in total. The zero-order valence-electron chi connectivity index (χ0n) is 7.05. The lowest BCUT2D eigenvalue weighted by atomic mass is 10.8. The van der Waals surface area contributed by atoms with Gasteiger partial charge >= 0.3 is 9.28 Å². The lowest BCUT2D eigenvalue weighted by Gasteiger charge is -2.09. The molecule has 0 spiro atoms. The van der Waals surface area contributed by atoms with E-state index in [0.29, 0.717) is 0 Å². The van der Waals surface area contributed by atoms with Crippen LogP contribution in [0.3, 0.4) is 0 Å². The van der Waals surface area contributed by atoms with E-state index in [9.17, 15) is 0 Å². The van der Waals surface area contributed by atoms with Crippen LogP contribution in [0.2, 0.25) is 0 Å². The van der Waals surface area contributed by atoms with Crippen LogP contribution in [0.15, 0.2) is 11.8 Å². The van der Waals surface area contributed by atoms with Gasteiger partial charge in [0.2, 0.25) is 0 Å². The molecule has 0 rings (SSSR count). The van der Waals surface area contributed by atoms with E-state index in [2.05, 4.69) is 15.9 Å². The first-order chi connectivity index (χ1) is 5.35. The molecule has 0 aliphatic carbocycles. The van der Waals surface area contributed by atoms with Gasteiger partial charge in [0, 0.05) is 18.5 Å². The summed E-state index contributed by atoms with van der Waals surface area (Å²) < 4.78 is 10.8. The van der Waals surface area contributed by atoms with Crippen LogP contribution in [0.4, 0.5) is 0 Å². The first-order valence-electron chi connectivity index (χ1n) is 3.81. The molecule has 0 aliphatic rings. The molecule has 0 radical (unpaired) electrons. The Kier molecular flexibility index (Phi) is 8.73. The topological polar surface area (TPSA) is 18.5 Å². The molecule has 0 saturated carbocycles. The van der Waals surface area contributed by atoms with Crippen LogP contribution in [0.1, 0.15) is 13.8 Å². The summed E-state index contributed by atoms with van der Waals surface area (Å²) in [6, 6.07) is 0. The van der Waals surface area contributed by atoms with Crippen LogP contribution in [0.25, 0.3) is 0 Å². The fourth-order valence-electron chi connectivity index (χ4n) is 0.650. The second kappa shape index (κ2) is 8.45. The fraction of sp³-hybridized carbons (Fsp3) is 0.714. The van der Waals surface area contributed by atoms with E-state index in [4.69, 9.17) is 8.85 Å². The van der Waals surface area contributed by atoms with E-state index in [1.807, 2.05) is 25.6 Å². The molecule has 0 fully saturated rings. The first kappa shape index (κ1) is 11.4. The van der Waals surface area contributed by atoms with Crippen LogP contribution < -0.4 is 0 Å². The lowest BCUT2D eigenvalue weighted by Crippen LogP contribution is -2.20. The Morgan fingerprint density at radius 3 is 2.18 bits per heavy atom. The molecule has 0 atom stereocenters. The van der Waals surface area contributed by atoms with Gasteiger partial charge in [0.05, 0.1) is 0 Å². The maximum atomic E-state index is 5.39. The van der Waals surface area contributed by atoms with Crippen molar-refractivity contribution >= 4 is 25.2 Å². The van der Waals surface area contributed by atoms with E-state index in [1.165, 1.54) is 0 Å². The van der Waals surface area contributed by atoms with Gasteiger partial charge in [0.1, 0.15) is 0 Å². The molecule has 0 bridgehead atoms. The minimum absolute atomic E-state index is 0.740. The predicted molar refractivity (Wildman–Crippen MR) is 53.3 cm³/mol. The fourth-order valence-corrected chi connectivity index (χ4v) is 2.60. The van der Waals surface area contributed by atoms with Crippen molar-refractivity contribution in [1.82, 2.24) is 0 Å². The van der Waals surface area contributed by atoms with Crippen LogP contribution in [0, 0.1) is 0 Å². The van der Waals surface area contributed by atoms with Crippen molar-refractivity contribution in [2.45, 2.75) is 13.8 Å². The normalized spacial score (nSPS) is 11.6. The second-order valence-corrected chi connectivity index (χ2v) is 4.30. The number of halogens is 1. The summed E-state index contributed by atoms with van der Waals surface area (Å²) in [4.78, 5) is 0. The van der Waals surface area contributed by atoms with Crippen molar-refractivity contribution in [3.63, 3.8) is 0 Å². The Labute approximate surface area is 78.6 Å². The van der Waals surface area contributed by atoms with Crippen LogP contribution in [0.5, 0.6) is 0 Å². The van der Waals surface area contributed by atoms with Gasteiger partial charge in [-0.05, 0) is 19.5 Å². The Bertz CT molecular complexity index is 103. The van der Waals surface area contributed by atoms with Crippen molar-refractivity contribution < 1.29 is 8.85 Å². The zero-order chi connectivity index (χ0) is 8.53. The summed E-state index contributed by atoms with van der Waals surface area (Å²) in [7, 11) is -1.46. The highest BCUT2D eigenvalue weighted by Crippen LogP contribution is 1.93. The van der Waals surface area contributed by atoms with E-state index >= 15 is 0 Å². The summed E-state index contributed by atoms with van der Waals surface area (Å²) in [5.41, 5.74) is 2.04. The molecule has 0 amide bonds. The standard InChI is InChI=1S/C7H15BrO2Si/c1-3-9-11(10-4-2)7-5-6-8/h5,7,11H,3-4,6H2,1-2H3. The molecule has 0 aromatic carbocycles. The predicted octanol–water partition coefficient (Wildman–Crippen LogP) is 1.77. The van der Waals surface area contributed by atoms with E-state index in [-0.39, 0.29) is 0 Å². The second-order valence-electron chi connectivity index (χ2n) is 1.86. The van der Waals surface area contributed by atoms with Crippen molar-refractivity contribution in [2.75, 3.05) is 18.5 Å². The number of hydrogen-bond acceptors (Lipinski definition) is 2. The highest BCUT2D eigenvalue weighted by atomic mass is 79.9. The summed E-state index contributed by atoms with van der Waals surface area (Å²) in [5, 5.41) is 0.872. The van der Waals surface area contributed by atoms with Crippen molar-refractivity contribution in [2.24, 2.45) is 0 Å². The molecule has 0 aliphatic heterocycles. The van der Waals surface area contributed by atoms with Gasteiger partial charge in [-0.1, -0.05) is 22.0 Å². The van der Waals surface area contributed by atoms with Gasteiger partial charge in [-0.25, -0.2) is 0 Å². The van der Waals surface area contributed by atoms with Gasteiger partial charge in [-0.3, -0.25) is 0 Å². The third-order valence-corrected chi connectivity index (χ3v) is 3.33. The molecule has 0 aromatic heterocycles. The summed E-state index contributed by atoms with van der Waals surface area (Å²) in [5.74, 6) is 0. The largest absolute Gasteiger partial charge is 0.394 e. The molecule has 0 saturated heterocycles. The van der Waals surface area contributed by atoms with Gasteiger partial charge < -0.3 is 8.85 Å². The quantitative estimate of drug-likeness (QED) is 0.519. The maximum Gasteiger partial charge on any atom is 0.348 e. The summed E-state index contributed by atoms with van der Waals surface area (Å²) >= 11 is 3.30. The van der Waals surface area contributed by atoms with E-state index in [0.717, 1.165) is 18.5 Å². The summed E-state index contributed by atoms with van der Waals surface area (Å²) in [6.45, 7) is 5.45. The zero-order valence-corrected chi connectivity index (χ0v) is 9.79. The number of hydrogen-bond donors (Lipinski definition) is 0. The SMILES string of the molecule is CCO[SiH](C=CCBr)OCC. The average molecular weight is 239 g/mol. The van der Waals surface area contributed by atoms with Gasteiger partial charge in [0.25, 0.3) is 0 Å². The molecular formula is C7H15BrO2Si. The van der Waals surface area contributed by atoms with Crippen LogP contribution >= 0.6 is 15.9 Å². The molecule has 0 unspecified atom stereocenters. The highest BCUT2D eigenvalue weighted by Gasteiger charge is 2.05. The Hall–Kier alpha value is 0.357. The summed E-state index contributed by atoms with van der Waals surface area (Å²) in [6.07, 6.45) is 2.03. The smallest absolute Gasteiger partial charge is 0.348 e. The van der Waals surface area contributed by atoms with Crippen molar-refractivity contribution in [3.05, 3.63) is 11.8 Å². The Morgan fingerprint density at radius 1 is 1.27 bits per heavy atom. The maximum absolute atomic E-state index is 5.39. The average Bonchev–Trinajstić information content (AvgIpc) is 2.01. The molecule has 0 aromatic rings. The van der Waals surface area contributed by atoms with Gasteiger partial charge in [0.15, 0.2) is 0 Å². The number of rotatable bonds is 6. The minimum atomic E-state index is -1.46. The molecular weight excluding hydrogens is 224 g/mol. The molecule has 0 heterocycles. The van der Waals surface area contributed by atoms with Crippen LogP contribution in [-0.2, 0) is 8.85 Å². The van der Waals surface area contributed by atoms with Gasteiger partial charge in [-0.15, -0.1) is 0 Å². The molecule has 66 valence electrons.